The summed E-state index contributed by atoms with van der Waals surface area (Å²) in [6, 6.07) is 0. The van der Waals surface area contributed by atoms with Crippen molar-refractivity contribution in [1.82, 2.24) is 0 Å². The number of carboxylic acids is 3. The van der Waals surface area contributed by atoms with Crippen LogP contribution in [0.3, 0.4) is 0 Å². The maximum Gasteiger partial charge on any atom is 0.694 e. The van der Waals surface area contributed by atoms with Crippen LogP contribution in [0, 0.1) is 5.41 Å². The van der Waals surface area contributed by atoms with Crippen molar-refractivity contribution >= 4 is 26.2 Å². The third-order valence-corrected chi connectivity index (χ3v) is 2.40. The van der Waals surface area contributed by atoms with Crippen LogP contribution in [0.4, 0.5) is 0 Å². The average Bonchev–Trinajstić information content (AvgIpc) is 2.15. The third-order valence-electron chi connectivity index (χ3n) is 1.99. The summed E-state index contributed by atoms with van der Waals surface area (Å²) < 4.78 is 14.3. The minimum Gasteiger partial charge on any atom is -0.480 e. The molecule has 0 rings (SSSR count). The second kappa shape index (κ2) is 8.42. The van der Waals surface area contributed by atoms with E-state index in [9.17, 15) is 18.9 Å². The molecule has 1 unspecified atom stereocenters. The number of aliphatic carboxylic acids is 3. The maximum absolute atomic E-state index is 10.7. The van der Waals surface area contributed by atoms with E-state index in [4.69, 9.17) is 20.2 Å². The van der Waals surface area contributed by atoms with Gasteiger partial charge in [0.2, 0.25) is 0 Å². The van der Waals surface area contributed by atoms with Crippen molar-refractivity contribution in [3.05, 3.63) is 0 Å². The second-order valence-electron chi connectivity index (χ2n) is 3.00. The molecule has 0 aromatic carbocycles. The molecule has 0 aliphatic carbocycles. The van der Waals surface area contributed by atoms with Crippen LogP contribution in [0.2, 0.25) is 0 Å². The fourth-order valence-corrected chi connectivity index (χ4v) is 1.36. The fraction of sp³-hybridized carbons (Fsp3) is 0.571. The Morgan fingerprint density at radius 1 is 1.06 bits per heavy atom. The smallest absolute Gasteiger partial charge is 0.480 e. The van der Waals surface area contributed by atoms with Gasteiger partial charge in [0.05, 0.1) is 0 Å². The summed E-state index contributed by atoms with van der Waals surface area (Å²) in [6.45, 7) is -0.415. The Hall–Kier alpha value is -0.687. The van der Waals surface area contributed by atoms with Crippen molar-refractivity contribution in [3.8, 4) is 0 Å². The van der Waals surface area contributed by atoms with Gasteiger partial charge in [-0.3, -0.25) is 14.4 Å². The van der Waals surface area contributed by atoms with Crippen LogP contribution in [0.25, 0.3) is 0 Å². The molecule has 0 saturated carbocycles. The third kappa shape index (κ3) is 4.90. The van der Waals surface area contributed by atoms with Gasteiger partial charge in [-0.25, -0.2) is 0 Å². The van der Waals surface area contributed by atoms with E-state index in [-0.39, 0.29) is 32.6 Å². The van der Waals surface area contributed by atoms with E-state index in [2.05, 4.69) is 4.52 Å². The molecule has 0 aliphatic heterocycles. The van der Waals surface area contributed by atoms with Crippen LogP contribution in [0.15, 0.2) is 0 Å². The van der Waals surface area contributed by atoms with Gasteiger partial charge in [-0.2, -0.15) is 0 Å². The number of rotatable bonds is 8. The molecule has 100 valence electrons. The molecule has 18 heavy (non-hydrogen) atoms. The molecule has 0 bridgehead atoms. The second-order valence-corrected chi connectivity index (χ2v) is 3.73. The monoisotopic (exact) mass is 359 g/mol. The van der Waals surface area contributed by atoms with Crippen LogP contribution in [0.1, 0.15) is 12.8 Å². The molecule has 11 heteroatoms. The van der Waals surface area contributed by atoms with Gasteiger partial charge < -0.3 is 15.3 Å². The quantitative estimate of drug-likeness (QED) is 0.258. The van der Waals surface area contributed by atoms with Crippen molar-refractivity contribution in [2.75, 3.05) is 6.61 Å². The first-order valence-corrected chi connectivity index (χ1v) is 5.37. The van der Waals surface area contributed by atoms with Gasteiger partial charge >= 0.3 is 26.2 Å². The van der Waals surface area contributed by atoms with E-state index in [1.807, 2.05) is 0 Å². The van der Waals surface area contributed by atoms with Crippen molar-refractivity contribution < 1.29 is 69.9 Å². The fourth-order valence-electron chi connectivity index (χ4n) is 1.08. The predicted molar refractivity (Wildman–Crippen MR) is 50.4 cm³/mol. The molecule has 0 aromatic rings. The number of hydrogen-bond donors (Lipinski definition) is 4. The van der Waals surface area contributed by atoms with Crippen LogP contribution in [0.5, 0.6) is 0 Å². The summed E-state index contributed by atoms with van der Waals surface area (Å²) in [5.41, 5.74) is -2.97. The van der Waals surface area contributed by atoms with E-state index in [1.165, 1.54) is 0 Å². The molecule has 0 spiro atoms. The molecule has 0 saturated heterocycles. The molecule has 0 radical (unpaired) electrons. The van der Waals surface area contributed by atoms with E-state index in [0.717, 1.165) is 0 Å². The molecule has 4 N–H and O–H groups in total. The van der Waals surface area contributed by atoms with Crippen molar-refractivity contribution in [2.24, 2.45) is 5.41 Å². The molecule has 0 aliphatic rings. The first-order valence-electron chi connectivity index (χ1n) is 4.24. The zero-order valence-electron chi connectivity index (χ0n) is 8.90. The zero-order valence-corrected chi connectivity index (χ0v) is 12.3. The van der Waals surface area contributed by atoms with Gasteiger partial charge in [0.25, 0.3) is 5.41 Å². The zero-order chi connectivity index (χ0) is 13.6. The average molecular weight is 360 g/mol. The number of carbonyl (C=O) groups is 3. The Labute approximate surface area is 121 Å². The molecule has 0 fully saturated rings. The van der Waals surface area contributed by atoms with E-state index < -0.39 is 44.6 Å². The van der Waals surface area contributed by atoms with Gasteiger partial charge in [0.1, 0.15) is 6.61 Å². The summed E-state index contributed by atoms with van der Waals surface area (Å²) >= 11 is 0. The van der Waals surface area contributed by atoms with Crippen LogP contribution < -0.4 is 0 Å². The molecule has 0 heterocycles. The molecular weight excluding hydrogens is 350 g/mol. The van der Waals surface area contributed by atoms with Crippen LogP contribution in [-0.4, -0.2) is 44.7 Å². The van der Waals surface area contributed by atoms with E-state index in [0.29, 0.717) is 0 Å². The first-order chi connectivity index (χ1) is 7.75. The van der Waals surface area contributed by atoms with E-state index >= 15 is 0 Å². The SMILES string of the molecule is O=C(O)C(CCCO[P+](=O)O)(C(=O)O)C(=O)O.[Zr]. The summed E-state index contributed by atoms with van der Waals surface area (Å²) in [7, 11) is -2.89. The normalized spacial score (nSPS) is 11.3. The minimum atomic E-state index is -2.97. The summed E-state index contributed by atoms with van der Waals surface area (Å²) in [5.74, 6) is -6.03. The van der Waals surface area contributed by atoms with Crippen molar-refractivity contribution in [1.29, 1.82) is 0 Å². The molecule has 0 aromatic heterocycles. The Kier molecular flexibility index (Phi) is 9.19. The molecule has 9 nitrogen and oxygen atoms in total. The molecular formula is C7H10O9PZr+. The Morgan fingerprint density at radius 2 is 1.44 bits per heavy atom. The van der Waals surface area contributed by atoms with Gasteiger partial charge in [-0.1, -0.05) is 0 Å². The van der Waals surface area contributed by atoms with Gasteiger partial charge in [0, 0.05) is 30.8 Å². The topological polar surface area (TPSA) is 158 Å². The summed E-state index contributed by atoms with van der Waals surface area (Å²) in [6.07, 6.45) is -1.05. The van der Waals surface area contributed by atoms with Gasteiger partial charge in [-0.15, -0.1) is 9.42 Å². The maximum atomic E-state index is 10.7. The van der Waals surface area contributed by atoms with Gasteiger partial charge in [-0.05, 0) is 12.8 Å². The van der Waals surface area contributed by atoms with Crippen LogP contribution in [-0.2, 0) is 49.7 Å². The Bertz CT molecular complexity index is 319. The number of carboxylic acid groups (broad SMARTS) is 3. The number of hydrogen-bond acceptors (Lipinski definition) is 5. The van der Waals surface area contributed by atoms with Gasteiger partial charge in [0.15, 0.2) is 0 Å². The largest absolute Gasteiger partial charge is 0.694 e. The summed E-state index contributed by atoms with van der Waals surface area (Å²) in [5, 5.41) is 26.0. The van der Waals surface area contributed by atoms with Crippen LogP contribution >= 0.6 is 8.25 Å². The molecule has 1 atom stereocenters. The Balaban J connectivity index is 0. The summed E-state index contributed by atoms with van der Waals surface area (Å²) in [4.78, 5) is 40.4. The van der Waals surface area contributed by atoms with Crippen molar-refractivity contribution in [2.45, 2.75) is 12.8 Å². The first kappa shape index (κ1) is 19.6. The predicted octanol–water partition coefficient (Wildman–Crippen LogP) is -0.329. The standard InChI is InChI=1S/C7H9O9P.Zr/c8-4(9)7(5(10)11,6(12)13)2-1-3-16-17(14)15;/h1-3H2,(H3-,8,9,10,11,12,13,14,15);/p+1. The molecule has 0 amide bonds. The van der Waals surface area contributed by atoms with E-state index in [1.54, 1.807) is 0 Å². The Morgan fingerprint density at radius 3 is 1.72 bits per heavy atom. The van der Waals surface area contributed by atoms with Crippen molar-refractivity contribution in [3.63, 3.8) is 0 Å². The minimum absolute atomic E-state index is 0.